The molecule has 10 heavy (non-hydrogen) atoms. The summed E-state index contributed by atoms with van der Waals surface area (Å²) >= 11 is 0. The molecule has 0 radical (unpaired) electrons. The maximum Gasteiger partial charge on any atom is 0.377 e. The third-order valence-corrected chi connectivity index (χ3v) is 2.05. The lowest BCUT2D eigenvalue weighted by Crippen LogP contribution is -2.36. The lowest BCUT2D eigenvalue weighted by molar-refractivity contribution is 0.478. The first kappa shape index (κ1) is 5.75. The Kier molecular flexibility index (Phi) is 1.15. The largest absolute Gasteiger partial charge is 0.377 e. The highest BCUT2D eigenvalue weighted by Crippen LogP contribution is 2.18. The lowest BCUT2D eigenvalue weighted by atomic mass is 10.0. The molecule has 2 aliphatic heterocycles. The van der Waals surface area contributed by atoms with E-state index in [0.717, 1.165) is 25.2 Å². The lowest BCUT2D eigenvalue weighted by Gasteiger charge is -2.00. The van der Waals surface area contributed by atoms with Crippen molar-refractivity contribution in [1.29, 1.82) is 0 Å². The van der Waals surface area contributed by atoms with E-state index in [0.29, 0.717) is 5.92 Å². The van der Waals surface area contributed by atoms with Gasteiger partial charge in [-0.3, -0.25) is 0 Å². The molecule has 0 spiro atoms. The van der Waals surface area contributed by atoms with Crippen LogP contribution in [-0.4, -0.2) is 23.3 Å². The zero-order chi connectivity index (χ0) is 6.97. The van der Waals surface area contributed by atoms with Crippen LogP contribution in [0, 0.1) is 5.92 Å². The minimum Gasteiger partial charge on any atom is -0.174 e. The van der Waals surface area contributed by atoms with Gasteiger partial charge in [0.2, 0.25) is 0 Å². The summed E-state index contributed by atoms with van der Waals surface area (Å²) in [6.07, 6.45) is 4.19. The summed E-state index contributed by atoms with van der Waals surface area (Å²) in [6, 6.07) is 0. The van der Waals surface area contributed by atoms with E-state index in [4.69, 9.17) is 5.84 Å². The summed E-state index contributed by atoms with van der Waals surface area (Å²) in [6.45, 7) is 0.943. The average Bonchev–Trinajstić information content (AvgIpc) is 2.34. The van der Waals surface area contributed by atoms with Gasteiger partial charge in [0, 0.05) is 12.5 Å². The highest BCUT2D eigenvalue weighted by Gasteiger charge is 2.37. The molecule has 3 heteroatoms. The molecule has 0 aliphatic carbocycles. The standard InChI is InChI=1S/C7H10N3/c8-10-5-3-6-2-1-4-9-7(6)10/h1,6H,2-3,5,8H2/q+1. The number of fused-ring (bicyclic) bond motifs is 1. The number of nitrogens with two attached hydrogens (primary N) is 1. The van der Waals surface area contributed by atoms with Crippen LogP contribution < -0.4 is 10.5 Å². The highest BCUT2D eigenvalue weighted by atomic mass is 15.4. The molecule has 0 bridgehead atoms. The molecule has 1 fully saturated rings. The normalized spacial score (nSPS) is 28.7. The van der Waals surface area contributed by atoms with Crippen LogP contribution in [0.15, 0.2) is 6.08 Å². The molecule has 1 saturated heterocycles. The van der Waals surface area contributed by atoms with Gasteiger partial charge < -0.3 is 0 Å². The quantitative estimate of drug-likeness (QED) is 0.352. The SMILES string of the molecule is NN1CCC2CC=C=[N+]=C21. The van der Waals surface area contributed by atoms with Crippen molar-refractivity contribution in [3.63, 3.8) is 0 Å². The van der Waals surface area contributed by atoms with Crippen LogP contribution in [0.1, 0.15) is 12.8 Å². The monoisotopic (exact) mass is 136 g/mol. The minimum atomic E-state index is 0.575. The van der Waals surface area contributed by atoms with Crippen molar-refractivity contribution in [3.8, 4) is 0 Å². The number of allylic oxidation sites excluding steroid dienone is 1. The van der Waals surface area contributed by atoms with Crippen LogP contribution in [0.2, 0.25) is 0 Å². The summed E-state index contributed by atoms with van der Waals surface area (Å²) in [5.41, 5.74) is 0. The zero-order valence-corrected chi connectivity index (χ0v) is 5.75. The smallest absolute Gasteiger partial charge is 0.174 e. The predicted octanol–water partition coefficient (Wildman–Crippen LogP) is -0.723. The van der Waals surface area contributed by atoms with Crippen molar-refractivity contribution in [2.75, 3.05) is 6.54 Å². The Hall–Kier alpha value is -1.01. The van der Waals surface area contributed by atoms with Crippen LogP contribution in [0.3, 0.4) is 0 Å². The van der Waals surface area contributed by atoms with Gasteiger partial charge in [-0.2, -0.15) is 15.5 Å². The molecule has 1 unspecified atom stereocenters. The van der Waals surface area contributed by atoms with Gasteiger partial charge in [0.15, 0.2) is 5.87 Å². The van der Waals surface area contributed by atoms with Crippen LogP contribution >= 0.6 is 0 Å². The van der Waals surface area contributed by atoms with Crippen molar-refractivity contribution in [2.24, 2.45) is 11.8 Å². The number of rotatable bonds is 0. The maximum absolute atomic E-state index is 5.64. The second-order valence-corrected chi connectivity index (χ2v) is 2.72. The number of amidine groups is 1. The van der Waals surface area contributed by atoms with Gasteiger partial charge in [0.25, 0.3) is 0 Å². The van der Waals surface area contributed by atoms with Gasteiger partial charge in [-0.1, -0.05) is 0 Å². The molecule has 0 saturated carbocycles. The highest BCUT2D eigenvalue weighted by molar-refractivity contribution is 5.88. The molecular weight excluding hydrogens is 126 g/mol. The Morgan fingerprint density at radius 2 is 2.70 bits per heavy atom. The van der Waals surface area contributed by atoms with Crippen molar-refractivity contribution in [2.45, 2.75) is 12.8 Å². The third kappa shape index (κ3) is 0.695. The molecule has 0 amide bonds. The summed E-state index contributed by atoms with van der Waals surface area (Å²) < 4.78 is 4.08. The van der Waals surface area contributed by atoms with Gasteiger partial charge in [-0.05, 0) is 6.42 Å². The fourth-order valence-corrected chi connectivity index (χ4v) is 1.46. The molecular formula is C7H10N3+. The van der Waals surface area contributed by atoms with Gasteiger partial charge in [0.1, 0.15) is 6.54 Å². The van der Waals surface area contributed by atoms with E-state index >= 15 is 0 Å². The topological polar surface area (TPSA) is 43.4 Å². The van der Waals surface area contributed by atoms with Crippen molar-refractivity contribution in [3.05, 3.63) is 6.08 Å². The average molecular weight is 136 g/mol. The number of hydrogen-bond acceptors (Lipinski definition) is 2. The first-order chi connectivity index (χ1) is 4.88. The minimum absolute atomic E-state index is 0.575. The van der Waals surface area contributed by atoms with Crippen molar-refractivity contribution < 1.29 is 0 Å². The second kappa shape index (κ2) is 1.99. The molecule has 3 nitrogen and oxygen atoms in total. The number of hydrazine groups is 1. The summed E-state index contributed by atoms with van der Waals surface area (Å²) in [7, 11) is 0. The molecule has 2 rings (SSSR count). The number of hydrogen-bond donors (Lipinski definition) is 1. The fourth-order valence-electron chi connectivity index (χ4n) is 1.46. The molecule has 52 valence electrons. The summed E-state index contributed by atoms with van der Waals surface area (Å²) in [5.74, 6) is 10.1. The molecule has 1 atom stereocenters. The van der Waals surface area contributed by atoms with Gasteiger partial charge in [-0.15, -0.1) is 0 Å². The van der Waals surface area contributed by atoms with Crippen LogP contribution in [-0.2, 0) is 0 Å². The predicted molar refractivity (Wildman–Crippen MR) is 40.3 cm³/mol. The fraction of sp³-hybridized carbons (Fsp3) is 0.571. The molecule has 2 N–H and O–H groups in total. The Bertz CT molecular complexity index is 244. The summed E-state index contributed by atoms with van der Waals surface area (Å²) in [5, 5.41) is 1.73. The Morgan fingerprint density at radius 3 is 3.50 bits per heavy atom. The maximum atomic E-state index is 5.64. The first-order valence-electron chi connectivity index (χ1n) is 3.55. The van der Waals surface area contributed by atoms with Gasteiger partial charge in [-0.25, -0.2) is 0 Å². The molecule has 2 aliphatic rings. The Balaban J connectivity index is 2.42. The van der Waals surface area contributed by atoms with Gasteiger partial charge in [0.05, 0.1) is 5.92 Å². The van der Waals surface area contributed by atoms with Crippen LogP contribution in [0.4, 0.5) is 0 Å². The van der Waals surface area contributed by atoms with Crippen LogP contribution in [0.5, 0.6) is 0 Å². The first-order valence-corrected chi connectivity index (χ1v) is 3.55. The second-order valence-electron chi connectivity index (χ2n) is 2.72. The van der Waals surface area contributed by atoms with Crippen LogP contribution in [0.25, 0.3) is 0 Å². The zero-order valence-electron chi connectivity index (χ0n) is 5.75. The van der Waals surface area contributed by atoms with E-state index in [-0.39, 0.29) is 0 Å². The van der Waals surface area contributed by atoms with E-state index in [1.807, 2.05) is 6.08 Å². The van der Waals surface area contributed by atoms with E-state index < -0.39 is 0 Å². The Morgan fingerprint density at radius 1 is 1.80 bits per heavy atom. The van der Waals surface area contributed by atoms with Crippen molar-refractivity contribution in [1.82, 2.24) is 9.68 Å². The number of nitrogens with zero attached hydrogens (tertiary/aromatic N) is 2. The van der Waals surface area contributed by atoms with E-state index in [1.54, 1.807) is 5.01 Å². The molecule has 2 heterocycles. The molecule has 0 aromatic rings. The van der Waals surface area contributed by atoms with E-state index in [2.05, 4.69) is 10.5 Å². The Labute approximate surface area is 59.5 Å². The van der Waals surface area contributed by atoms with E-state index in [1.165, 1.54) is 0 Å². The molecule has 0 aromatic carbocycles. The molecule has 0 aromatic heterocycles. The van der Waals surface area contributed by atoms with E-state index in [9.17, 15) is 0 Å². The van der Waals surface area contributed by atoms with Gasteiger partial charge >= 0.3 is 5.84 Å². The summed E-state index contributed by atoms with van der Waals surface area (Å²) in [4.78, 5) is 0. The third-order valence-electron chi connectivity index (χ3n) is 2.05. The van der Waals surface area contributed by atoms with Crippen molar-refractivity contribution >= 4 is 11.7 Å².